The van der Waals surface area contributed by atoms with E-state index < -0.39 is 0 Å². The second-order valence-electron chi connectivity index (χ2n) is 5.00. The molecule has 0 aliphatic carbocycles. The van der Waals surface area contributed by atoms with Crippen LogP contribution in [-0.2, 0) is 7.05 Å². The van der Waals surface area contributed by atoms with Crippen LogP contribution in [0.5, 0.6) is 5.88 Å². The highest BCUT2D eigenvalue weighted by Crippen LogP contribution is 2.17. The Morgan fingerprint density at radius 2 is 2.33 bits per heavy atom. The molecule has 0 saturated carbocycles. The number of amides is 1. The topological polar surface area (TPSA) is 86.0 Å². The molecular weight excluding hydrogens is 272 g/mol. The standard InChI is InChI=1S/C13H16N6O2/c1-9-14-5-3-12(15-9)21-10-4-6-19(7-10)13(20)11-8-18(2)17-16-11/h3,5,8,10H,4,6-7H2,1-2H3. The maximum absolute atomic E-state index is 12.2. The van der Waals surface area contributed by atoms with Gasteiger partial charge in [0.2, 0.25) is 5.88 Å². The molecule has 0 N–H and O–H groups in total. The fourth-order valence-corrected chi connectivity index (χ4v) is 2.29. The molecule has 1 amide bonds. The molecule has 1 atom stereocenters. The monoisotopic (exact) mass is 288 g/mol. The molecule has 0 aromatic carbocycles. The number of carbonyl (C=O) groups is 1. The predicted molar refractivity (Wildman–Crippen MR) is 72.7 cm³/mol. The van der Waals surface area contributed by atoms with Crippen LogP contribution in [0.1, 0.15) is 22.7 Å². The number of hydrogen-bond acceptors (Lipinski definition) is 6. The van der Waals surface area contributed by atoms with Crippen LogP contribution in [0.25, 0.3) is 0 Å². The Hall–Kier alpha value is -2.51. The van der Waals surface area contributed by atoms with Gasteiger partial charge in [0.05, 0.1) is 12.7 Å². The van der Waals surface area contributed by atoms with Crippen LogP contribution in [0.3, 0.4) is 0 Å². The zero-order valence-corrected chi connectivity index (χ0v) is 11.9. The second-order valence-corrected chi connectivity index (χ2v) is 5.00. The number of aromatic nitrogens is 5. The molecule has 21 heavy (non-hydrogen) atoms. The van der Waals surface area contributed by atoms with Crippen LogP contribution < -0.4 is 4.74 Å². The van der Waals surface area contributed by atoms with Gasteiger partial charge in [-0.15, -0.1) is 5.10 Å². The Labute approximate surface area is 121 Å². The van der Waals surface area contributed by atoms with Crippen molar-refractivity contribution in [3.8, 4) is 5.88 Å². The predicted octanol–water partition coefficient (Wildman–Crippen LogP) is 0.207. The third kappa shape index (κ3) is 2.99. The Morgan fingerprint density at radius 3 is 3.05 bits per heavy atom. The van der Waals surface area contributed by atoms with Crippen molar-refractivity contribution in [3.63, 3.8) is 0 Å². The molecule has 8 heteroatoms. The van der Waals surface area contributed by atoms with E-state index in [1.54, 1.807) is 30.4 Å². The van der Waals surface area contributed by atoms with Crippen LogP contribution in [-0.4, -0.2) is 55.0 Å². The summed E-state index contributed by atoms with van der Waals surface area (Å²) in [5.41, 5.74) is 0.357. The van der Waals surface area contributed by atoms with E-state index >= 15 is 0 Å². The molecule has 1 fully saturated rings. The maximum Gasteiger partial charge on any atom is 0.276 e. The summed E-state index contributed by atoms with van der Waals surface area (Å²) in [5.74, 6) is 1.09. The van der Waals surface area contributed by atoms with Gasteiger partial charge >= 0.3 is 0 Å². The van der Waals surface area contributed by atoms with Crippen molar-refractivity contribution in [1.29, 1.82) is 0 Å². The lowest BCUT2D eigenvalue weighted by Crippen LogP contribution is -2.31. The molecule has 3 heterocycles. The van der Waals surface area contributed by atoms with Gasteiger partial charge in [0, 0.05) is 32.3 Å². The SMILES string of the molecule is Cc1nccc(OC2CCN(C(=O)c3cn(C)nn3)C2)n1. The first-order chi connectivity index (χ1) is 10.1. The molecule has 0 radical (unpaired) electrons. The normalized spacial score (nSPS) is 18.0. The van der Waals surface area contributed by atoms with E-state index in [2.05, 4.69) is 20.3 Å². The molecular formula is C13H16N6O2. The molecule has 1 unspecified atom stereocenters. The molecule has 2 aromatic heterocycles. The zero-order chi connectivity index (χ0) is 14.8. The summed E-state index contributed by atoms with van der Waals surface area (Å²) in [6.07, 6.45) is 3.99. The van der Waals surface area contributed by atoms with E-state index in [9.17, 15) is 4.79 Å². The average molecular weight is 288 g/mol. The molecule has 0 bridgehead atoms. The molecule has 1 saturated heterocycles. The number of aryl methyl sites for hydroxylation is 2. The number of hydrogen-bond donors (Lipinski definition) is 0. The average Bonchev–Trinajstić information content (AvgIpc) is 3.07. The van der Waals surface area contributed by atoms with Gasteiger partial charge in [-0.3, -0.25) is 9.48 Å². The van der Waals surface area contributed by atoms with Crippen molar-refractivity contribution in [2.75, 3.05) is 13.1 Å². The lowest BCUT2D eigenvalue weighted by molar-refractivity contribution is 0.0765. The summed E-state index contributed by atoms with van der Waals surface area (Å²) in [7, 11) is 1.73. The van der Waals surface area contributed by atoms with Crippen LogP contribution in [0, 0.1) is 6.92 Å². The summed E-state index contributed by atoms with van der Waals surface area (Å²) in [6.45, 7) is 2.98. The maximum atomic E-state index is 12.2. The van der Waals surface area contributed by atoms with Crippen molar-refractivity contribution in [2.24, 2.45) is 7.05 Å². The Kier molecular flexibility index (Phi) is 3.51. The van der Waals surface area contributed by atoms with E-state index in [4.69, 9.17) is 4.74 Å². The molecule has 1 aliphatic heterocycles. The summed E-state index contributed by atoms with van der Waals surface area (Å²) in [4.78, 5) is 22.2. The number of ether oxygens (including phenoxy) is 1. The van der Waals surface area contributed by atoms with Crippen molar-refractivity contribution in [3.05, 3.63) is 30.0 Å². The largest absolute Gasteiger partial charge is 0.472 e. The van der Waals surface area contributed by atoms with E-state index in [-0.39, 0.29) is 12.0 Å². The number of likely N-dealkylation sites (tertiary alicyclic amines) is 1. The van der Waals surface area contributed by atoms with Gasteiger partial charge in [0.1, 0.15) is 11.9 Å². The molecule has 1 aliphatic rings. The van der Waals surface area contributed by atoms with Gasteiger partial charge in [-0.05, 0) is 6.92 Å². The molecule has 110 valence electrons. The summed E-state index contributed by atoms with van der Waals surface area (Å²) < 4.78 is 7.31. The van der Waals surface area contributed by atoms with Gasteiger partial charge < -0.3 is 9.64 Å². The fraction of sp³-hybridized carbons (Fsp3) is 0.462. The first-order valence-electron chi connectivity index (χ1n) is 6.74. The van der Waals surface area contributed by atoms with Crippen molar-refractivity contribution in [1.82, 2.24) is 29.9 Å². The van der Waals surface area contributed by atoms with E-state index in [0.717, 1.165) is 6.42 Å². The summed E-state index contributed by atoms with van der Waals surface area (Å²) in [6, 6.07) is 1.72. The smallest absolute Gasteiger partial charge is 0.276 e. The van der Waals surface area contributed by atoms with E-state index in [1.165, 1.54) is 4.68 Å². The summed E-state index contributed by atoms with van der Waals surface area (Å²) >= 11 is 0. The third-order valence-corrected chi connectivity index (χ3v) is 3.29. The van der Waals surface area contributed by atoms with Gasteiger partial charge in [-0.1, -0.05) is 5.21 Å². The Bertz CT molecular complexity index is 656. The van der Waals surface area contributed by atoms with Gasteiger partial charge in [0.15, 0.2) is 5.69 Å². The fourth-order valence-electron chi connectivity index (χ4n) is 2.29. The van der Waals surface area contributed by atoms with Crippen LogP contribution in [0.15, 0.2) is 18.5 Å². The Morgan fingerprint density at radius 1 is 1.48 bits per heavy atom. The lowest BCUT2D eigenvalue weighted by atomic mass is 10.3. The van der Waals surface area contributed by atoms with Crippen molar-refractivity contribution < 1.29 is 9.53 Å². The highest BCUT2D eigenvalue weighted by atomic mass is 16.5. The van der Waals surface area contributed by atoms with Crippen molar-refractivity contribution in [2.45, 2.75) is 19.4 Å². The number of carbonyl (C=O) groups excluding carboxylic acids is 1. The highest BCUT2D eigenvalue weighted by Gasteiger charge is 2.29. The minimum atomic E-state index is -0.118. The lowest BCUT2D eigenvalue weighted by Gasteiger charge is -2.15. The second kappa shape index (κ2) is 5.47. The van der Waals surface area contributed by atoms with Crippen LogP contribution in [0.2, 0.25) is 0 Å². The van der Waals surface area contributed by atoms with Gasteiger partial charge in [-0.25, -0.2) is 4.98 Å². The quantitative estimate of drug-likeness (QED) is 0.802. The van der Waals surface area contributed by atoms with Gasteiger partial charge in [-0.2, -0.15) is 4.98 Å². The first-order valence-corrected chi connectivity index (χ1v) is 6.74. The first kappa shape index (κ1) is 13.5. The van der Waals surface area contributed by atoms with Crippen LogP contribution >= 0.6 is 0 Å². The van der Waals surface area contributed by atoms with E-state index in [1.807, 2.05) is 6.92 Å². The number of nitrogens with zero attached hydrogens (tertiary/aromatic N) is 6. The number of rotatable bonds is 3. The minimum absolute atomic E-state index is 0.0556. The molecule has 3 rings (SSSR count). The molecule has 8 nitrogen and oxygen atoms in total. The highest BCUT2D eigenvalue weighted by molar-refractivity contribution is 5.92. The molecule has 0 spiro atoms. The van der Waals surface area contributed by atoms with Crippen LogP contribution in [0.4, 0.5) is 0 Å². The van der Waals surface area contributed by atoms with Gasteiger partial charge in [0.25, 0.3) is 5.91 Å². The zero-order valence-electron chi connectivity index (χ0n) is 11.9. The minimum Gasteiger partial charge on any atom is -0.472 e. The Balaban J connectivity index is 1.61. The summed E-state index contributed by atoms with van der Waals surface area (Å²) in [5, 5.41) is 7.62. The van der Waals surface area contributed by atoms with Crippen molar-refractivity contribution >= 4 is 5.91 Å². The molecule has 2 aromatic rings. The van der Waals surface area contributed by atoms with E-state index in [0.29, 0.717) is 30.5 Å². The third-order valence-electron chi connectivity index (χ3n) is 3.29.